The minimum atomic E-state index is -0.488. The van der Waals surface area contributed by atoms with Gasteiger partial charge in [0.25, 0.3) is 0 Å². The minimum Gasteiger partial charge on any atom is -0.495 e. The van der Waals surface area contributed by atoms with E-state index in [1.807, 2.05) is 26.8 Å². The monoisotopic (exact) mass is 461 g/mol. The highest BCUT2D eigenvalue weighted by Gasteiger charge is 2.28. The molecule has 2 aliphatic rings. The maximum Gasteiger partial charge on any atom is 0.407 e. The number of nitrogen functional groups attached to an aromatic ring is 1. The second-order valence-corrected chi connectivity index (χ2v) is 10.3. The molecule has 2 fully saturated rings. The van der Waals surface area contributed by atoms with Crippen LogP contribution in [0.15, 0.2) is 12.1 Å². The molecular weight excluding hydrogens is 418 g/mol. The molecule has 1 amide bonds. The Bertz CT molecular complexity index is 779. The molecule has 1 aromatic carbocycles. The number of carbonyl (C=O) groups is 1. The number of ether oxygens (including phenoxy) is 2. The van der Waals surface area contributed by atoms with Crippen molar-refractivity contribution < 1.29 is 14.3 Å². The van der Waals surface area contributed by atoms with Crippen molar-refractivity contribution >= 4 is 17.5 Å². The molecule has 8 heteroatoms. The number of likely N-dealkylation sites (N-methyl/N-ethyl adjacent to an activating group) is 1. The summed E-state index contributed by atoms with van der Waals surface area (Å²) < 4.78 is 10.8. The van der Waals surface area contributed by atoms with Gasteiger partial charge < -0.3 is 30.3 Å². The Morgan fingerprint density at radius 1 is 1.12 bits per heavy atom. The Morgan fingerprint density at radius 2 is 1.79 bits per heavy atom. The first-order valence-electron chi connectivity index (χ1n) is 12.3. The number of piperidine rings is 1. The maximum atomic E-state index is 11.9. The Labute approximate surface area is 199 Å². The smallest absolute Gasteiger partial charge is 0.407 e. The van der Waals surface area contributed by atoms with Crippen molar-refractivity contribution in [2.75, 3.05) is 70.6 Å². The summed E-state index contributed by atoms with van der Waals surface area (Å²) in [6.07, 6.45) is 3.63. The second-order valence-electron chi connectivity index (χ2n) is 10.3. The van der Waals surface area contributed by atoms with Crippen LogP contribution >= 0.6 is 0 Å². The number of nitrogens with zero attached hydrogens (tertiary/aromatic N) is 3. The molecule has 1 aromatic rings. The van der Waals surface area contributed by atoms with Crippen LogP contribution in [-0.2, 0) is 11.2 Å². The van der Waals surface area contributed by atoms with Gasteiger partial charge in [-0.15, -0.1) is 0 Å². The first-order chi connectivity index (χ1) is 15.7. The molecule has 0 radical (unpaired) electrons. The van der Waals surface area contributed by atoms with Crippen molar-refractivity contribution in [3.63, 3.8) is 0 Å². The van der Waals surface area contributed by atoms with E-state index in [1.54, 1.807) is 7.11 Å². The number of nitrogens with two attached hydrogens (primary N) is 1. The highest BCUT2D eigenvalue weighted by Crippen LogP contribution is 2.34. The maximum absolute atomic E-state index is 11.9. The van der Waals surface area contributed by atoms with Crippen LogP contribution in [0.25, 0.3) is 0 Å². The number of piperazine rings is 1. The van der Waals surface area contributed by atoms with Gasteiger partial charge in [0.2, 0.25) is 0 Å². The van der Waals surface area contributed by atoms with Crippen LogP contribution in [0, 0.1) is 0 Å². The van der Waals surface area contributed by atoms with Crippen LogP contribution in [0.2, 0.25) is 0 Å². The largest absolute Gasteiger partial charge is 0.495 e. The number of amides is 1. The number of anilines is 2. The molecule has 3 N–H and O–H groups in total. The van der Waals surface area contributed by atoms with Crippen LogP contribution in [-0.4, -0.2) is 87.5 Å². The van der Waals surface area contributed by atoms with Gasteiger partial charge in [0.15, 0.2) is 0 Å². The lowest BCUT2D eigenvalue weighted by molar-refractivity contribution is 0.0527. The first-order valence-corrected chi connectivity index (χ1v) is 12.3. The van der Waals surface area contributed by atoms with E-state index >= 15 is 0 Å². The van der Waals surface area contributed by atoms with E-state index < -0.39 is 5.60 Å². The molecule has 0 atom stereocenters. The number of methoxy groups -OCH3 is 1. The number of hydrogen-bond donors (Lipinski definition) is 2. The summed E-state index contributed by atoms with van der Waals surface area (Å²) in [6, 6.07) is 4.79. The quantitative estimate of drug-likeness (QED) is 0.477. The SMILES string of the molecule is COc1cc(N2CCC(N3CCN(C)CC3)CC2)c(CCCNC(=O)OC(C)(C)C)cc1N. The van der Waals surface area contributed by atoms with E-state index in [9.17, 15) is 4.79 Å². The summed E-state index contributed by atoms with van der Waals surface area (Å²) in [5.74, 6) is 0.724. The zero-order valence-electron chi connectivity index (χ0n) is 21.2. The number of alkyl carbamates (subject to hydrolysis) is 1. The van der Waals surface area contributed by atoms with Crippen molar-refractivity contribution in [3.05, 3.63) is 17.7 Å². The van der Waals surface area contributed by atoms with Crippen molar-refractivity contribution in [2.24, 2.45) is 0 Å². The number of benzene rings is 1. The summed E-state index contributed by atoms with van der Waals surface area (Å²) in [4.78, 5) is 19.5. The molecule has 186 valence electrons. The summed E-state index contributed by atoms with van der Waals surface area (Å²) in [5, 5.41) is 2.85. The average Bonchev–Trinajstić information content (AvgIpc) is 2.76. The molecule has 0 saturated carbocycles. The number of rotatable bonds is 7. The van der Waals surface area contributed by atoms with E-state index in [0.29, 0.717) is 18.3 Å². The molecule has 0 spiro atoms. The molecule has 33 heavy (non-hydrogen) atoms. The lowest BCUT2D eigenvalue weighted by Crippen LogP contribution is -2.52. The highest BCUT2D eigenvalue weighted by atomic mass is 16.6. The molecule has 0 aliphatic carbocycles. The van der Waals surface area contributed by atoms with Crippen LogP contribution in [0.3, 0.4) is 0 Å². The Kier molecular flexibility index (Phi) is 8.70. The number of carbonyl (C=O) groups excluding carboxylic acids is 1. The average molecular weight is 462 g/mol. The zero-order valence-corrected chi connectivity index (χ0v) is 21.2. The van der Waals surface area contributed by atoms with Crippen molar-refractivity contribution in [1.82, 2.24) is 15.1 Å². The normalized spacial score (nSPS) is 18.9. The van der Waals surface area contributed by atoms with Crippen molar-refractivity contribution in [1.29, 1.82) is 0 Å². The predicted molar refractivity (Wildman–Crippen MR) is 134 cm³/mol. The van der Waals surface area contributed by atoms with E-state index in [0.717, 1.165) is 44.8 Å². The van der Waals surface area contributed by atoms with Gasteiger partial charge >= 0.3 is 6.09 Å². The number of nitrogens with one attached hydrogen (secondary N) is 1. The van der Waals surface area contributed by atoms with E-state index in [-0.39, 0.29) is 6.09 Å². The summed E-state index contributed by atoms with van der Waals surface area (Å²) in [7, 11) is 3.87. The van der Waals surface area contributed by atoms with Crippen LogP contribution < -0.4 is 20.7 Å². The number of hydrogen-bond acceptors (Lipinski definition) is 7. The molecule has 2 saturated heterocycles. The molecule has 2 heterocycles. The summed E-state index contributed by atoms with van der Waals surface area (Å²) >= 11 is 0. The predicted octanol–water partition coefficient (Wildman–Crippen LogP) is 2.95. The van der Waals surface area contributed by atoms with E-state index in [4.69, 9.17) is 15.2 Å². The lowest BCUT2D eigenvalue weighted by Gasteiger charge is -2.43. The van der Waals surface area contributed by atoms with Crippen LogP contribution in [0.1, 0.15) is 45.6 Å². The Balaban J connectivity index is 1.58. The topological polar surface area (TPSA) is 83.3 Å². The fourth-order valence-electron chi connectivity index (χ4n) is 4.75. The van der Waals surface area contributed by atoms with Gasteiger partial charge in [0.05, 0.1) is 12.8 Å². The summed E-state index contributed by atoms with van der Waals surface area (Å²) in [6.45, 7) is 12.9. The Morgan fingerprint density at radius 3 is 2.39 bits per heavy atom. The molecule has 3 rings (SSSR count). The van der Waals surface area contributed by atoms with Gasteiger partial charge in [-0.3, -0.25) is 4.90 Å². The first kappa shape index (κ1) is 25.4. The third-order valence-electron chi connectivity index (χ3n) is 6.58. The second kappa shape index (κ2) is 11.3. The van der Waals surface area contributed by atoms with Crippen LogP contribution in [0.5, 0.6) is 5.75 Å². The Hall–Kier alpha value is -2.19. The van der Waals surface area contributed by atoms with Gasteiger partial charge in [0.1, 0.15) is 11.4 Å². The van der Waals surface area contributed by atoms with E-state index in [1.165, 1.54) is 37.2 Å². The van der Waals surface area contributed by atoms with Crippen molar-refractivity contribution in [2.45, 2.75) is 58.1 Å². The molecule has 0 unspecified atom stereocenters. The van der Waals surface area contributed by atoms with Gasteiger partial charge in [-0.25, -0.2) is 4.79 Å². The van der Waals surface area contributed by atoms with Gasteiger partial charge in [-0.05, 0) is 65.1 Å². The summed E-state index contributed by atoms with van der Waals surface area (Å²) in [5.41, 5.74) is 8.82. The van der Waals surface area contributed by atoms with E-state index in [2.05, 4.69) is 33.1 Å². The number of aryl methyl sites for hydroxylation is 1. The lowest BCUT2D eigenvalue weighted by atomic mass is 9.99. The third-order valence-corrected chi connectivity index (χ3v) is 6.58. The van der Waals surface area contributed by atoms with Gasteiger partial charge in [-0.2, -0.15) is 0 Å². The molecule has 0 aromatic heterocycles. The van der Waals surface area contributed by atoms with Gasteiger partial charge in [-0.1, -0.05) is 0 Å². The molecule has 0 bridgehead atoms. The zero-order chi connectivity index (χ0) is 24.0. The minimum absolute atomic E-state index is 0.372. The fraction of sp³-hybridized carbons (Fsp3) is 0.720. The molecule has 8 nitrogen and oxygen atoms in total. The molecular formula is C25H43N5O3. The van der Waals surface area contributed by atoms with Crippen LogP contribution in [0.4, 0.5) is 16.2 Å². The standard InChI is InChI=1S/C25H43N5O3/c1-25(2,3)33-24(31)27-10-6-7-19-17-21(26)23(32-5)18-22(19)30-11-8-20(9-12-30)29-15-13-28(4)14-16-29/h17-18,20H,6-16,26H2,1-5H3,(H,27,31). The van der Waals surface area contributed by atoms with Gasteiger partial charge in [0, 0.05) is 63.6 Å². The third kappa shape index (κ3) is 7.40. The molecule has 2 aliphatic heterocycles. The fourth-order valence-corrected chi connectivity index (χ4v) is 4.75. The highest BCUT2D eigenvalue weighted by molar-refractivity contribution is 5.68. The van der Waals surface area contributed by atoms with Crippen molar-refractivity contribution in [3.8, 4) is 5.75 Å².